The van der Waals surface area contributed by atoms with Crippen LogP contribution in [0.4, 0.5) is 162 Å². The van der Waals surface area contributed by atoms with E-state index in [0.717, 1.165) is 38.5 Å². The van der Waals surface area contributed by atoms with Crippen LogP contribution in [0.5, 0.6) is 0 Å². The Bertz CT molecular complexity index is 2640. The summed E-state index contributed by atoms with van der Waals surface area (Å²) in [7, 11) is 0. The van der Waals surface area contributed by atoms with Crippen LogP contribution in [0.2, 0.25) is 0 Å². The molecule has 0 aromatic heterocycles. The van der Waals surface area contributed by atoms with Gasteiger partial charge in [-0.15, -0.1) is 0 Å². The minimum absolute atomic E-state index is 0.0166. The van der Waals surface area contributed by atoms with Crippen molar-refractivity contribution in [2.24, 2.45) is 141 Å². The van der Waals surface area contributed by atoms with Gasteiger partial charge in [-0.05, 0) is 160 Å². The zero-order chi connectivity index (χ0) is 85.9. The second kappa shape index (κ2) is 34.5. The van der Waals surface area contributed by atoms with Gasteiger partial charge in [-0.2, -0.15) is 132 Å². The Hall–Kier alpha value is -2.59. The van der Waals surface area contributed by atoms with Crippen molar-refractivity contribution < 1.29 is 164 Å². The number of hydrogen-bond donors (Lipinski definition) is 0. The number of rotatable bonds is 0. The van der Waals surface area contributed by atoms with E-state index >= 15 is 0 Å². The zero-order valence-corrected chi connectivity index (χ0v) is 61.9. The Balaban J connectivity index is 0.000000426. The van der Waals surface area contributed by atoms with Gasteiger partial charge in [0.15, 0.2) is 6.17 Å². The first-order chi connectivity index (χ1) is 47.4. The van der Waals surface area contributed by atoms with Crippen molar-refractivity contribution in [3.8, 4) is 0 Å². The van der Waals surface area contributed by atoms with Crippen LogP contribution in [0.25, 0.3) is 0 Å². The average Bonchev–Trinajstić information content (AvgIpc) is 1.27. The van der Waals surface area contributed by atoms with E-state index in [0.29, 0.717) is 32.1 Å². The molecule has 0 aromatic carbocycles. The quantitative estimate of drug-likeness (QED) is 0.212. The van der Waals surface area contributed by atoms with Gasteiger partial charge in [0.1, 0.15) is 18.5 Å². The molecule has 107 heavy (non-hydrogen) atoms. The summed E-state index contributed by atoms with van der Waals surface area (Å²) in [6.07, 6.45) is -38.3. The summed E-state index contributed by atoms with van der Waals surface area (Å²) < 4.78 is 479. The van der Waals surface area contributed by atoms with Gasteiger partial charge in [0.2, 0.25) is 5.67 Å². The summed E-state index contributed by atoms with van der Waals surface area (Å²) in [5, 5.41) is 0. The molecule has 10 fully saturated rings. The number of fused-ring (bicyclic) bond motifs is 1. The van der Waals surface area contributed by atoms with Crippen LogP contribution in [-0.4, -0.2) is 103 Å². The highest BCUT2D eigenvalue weighted by Gasteiger charge is 2.91. The van der Waals surface area contributed by atoms with E-state index in [4.69, 9.17) is 1.37 Å². The van der Waals surface area contributed by atoms with E-state index in [-0.39, 0.29) is 61.7 Å². The van der Waals surface area contributed by atoms with Crippen molar-refractivity contribution in [2.45, 2.75) is 298 Å². The van der Waals surface area contributed by atoms with Gasteiger partial charge >= 0.3 is 67.2 Å². The summed E-state index contributed by atoms with van der Waals surface area (Å²) >= 11 is 0. The van der Waals surface area contributed by atoms with Crippen LogP contribution in [0.3, 0.4) is 0 Å². The summed E-state index contributed by atoms with van der Waals surface area (Å²) in [6, 6.07) is 0. The van der Waals surface area contributed by atoms with Crippen molar-refractivity contribution in [2.75, 3.05) is 0 Å². The molecule has 10 aliphatic rings. The topological polar surface area (TPSA) is 0 Å². The monoisotopic (exact) mass is 1650 g/mol. The van der Waals surface area contributed by atoms with Gasteiger partial charge in [0, 0.05) is 13.2 Å². The fourth-order valence-electron chi connectivity index (χ4n) is 17.5. The molecule has 28 atom stereocenters. The lowest BCUT2D eigenvalue weighted by Crippen LogP contribution is -2.77. The predicted octanol–water partition coefficient (Wildman–Crippen LogP) is 28.7. The Morgan fingerprint density at radius 1 is 0.308 bits per heavy atom. The molecule has 0 saturated heterocycles. The van der Waals surface area contributed by atoms with Crippen molar-refractivity contribution in [1.82, 2.24) is 0 Å². The van der Waals surface area contributed by atoms with Gasteiger partial charge in [-0.25, -0.2) is 30.7 Å². The molecule has 0 heterocycles. The van der Waals surface area contributed by atoms with Crippen LogP contribution in [0.15, 0.2) is 0 Å². The fourth-order valence-corrected chi connectivity index (χ4v) is 17.5. The number of halogens is 37. The SMILES string of the molecule is CC1(C)CC1.CC1C(C(F)(F)F)C(C(F)(F)F)C(C)[C@@H](C)C1C(F)(F)F.CC1C(F)C(F)C(F)[C@@H](C)C1F.CC1CC(C(F)(F)F)C[C@@H](C)C1.CC1C[C@H](C)CC(C(F)(F)F)C1C(F)(F)F.CC1[C@H]2CC[C@@H]1C2(C)C(F)(F)F.C[C@H]1C(F)(F)C(C)(F)C(F)(F)C(F)(F)C1(F)F.[2H][C@]1(C)CC(C)CC(C(F)(F)F)C1. The normalized spacial score (nSPS) is 42.9. The summed E-state index contributed by atoms with van der Waals surface area (Å²) in [5.41, 5.74) is -5.66. The summed E-state index contributed by atoms with van der Waals surface area (Å²) in [4.78, 5) is 0. The third-order valence-corrected chi connectivity index (χ3v) is 24.2. The molecule has 640 valence electrons. The predicted molar refractivity (Wildman–Crippen MR) is 325 cm³/mol. The minimum Gasteiger partial charge on any atom is -0.247 e. The first kappa shape index (κ1) is 98.6. The highest BCUT2D eigenvalue weighted by atomic mass is 19.4. The molecule has 0 N–H and O–H groups in total. The lowest BCUT2D eigenvalue weighted by Gasteiger charge is -2.53. The van der Waals surface area contributed by atoms with E-state index in [1.807, 2.05) is 20.8 Å². The highest BCUT2D eigenvalue weighted by Crippen LogP contribution is 2.72. The minimum atomic E-state index is -6.19. The van der Waals surface area contributed by atoms with E-state index in [1.165, 1.54) is 40.5 Å². The van der Waals surface area contributed by atoms with Gasteiger partial charge in [-0.1, -0.05) is 111 Å². The van der Waals surface area contributed by atoms with Crippen LogP contribution in [-0.2, 0) is 0 Å². The fraction of sp³-hybridized carbons (Fsp3) is 1.00. The van der Waals surface area contributed by atoms with Crippen LogP contribution >= 0.6 is 0 Å². The first-order valence-corrected chi connectivity index (χ1v) is 35.2. The van der Waals surface area contributed by atoms with E-state index < -0.39 is 211 Å². The van der Waals surface area contributed by atoms with Gasteiger partial charge < -0.3 is 0 Å². The maximum absolute atomic E-state index is 13.2. The average molecular weight is 1650 g/mol. The van der Waals surface area contributed by atoms with Gasteiger partial charge in [-0.3, -0.25) is 0 Å². The molecule has 0 aromatic rings. The summed E-state index contributed by atoms with van der Waals surface area (Å²) in [5.74, 6) is -51.1. The molecular weight excluding hydrogens is 1540 g/mol. The Kier molecular flexibility index (Phi) is 31.8. The molecule has 10 rings (SSSR count). The second-order valence-corrected chi connectivity index (χ2v) is 33.4. The molecule has 37 heteroatoms. The van der Waals surface area contributed by atoms with Gasteiger partial charge in [0.05, 0.1) is 52.8 Å². The van der Waals surface area contributed by atoms with Crippen molar-refractivity contribution >= 4 is 0 Å². The number of alkyl halides is 37. The second-order valence-electron chi connectivity index (χ2n) is 33.4. The van der Waals surface area contributed by atoms with Crippen LogP contribution in [0, 0.1) is 141 Å². The van der Waals surface area contributed by atoms with Crippen LogP contribution < -0.4 is 0 Å². The molecule has 0 amide bonds. The lowest BCUT2D eigenvalue weighted by atomic mass is 9.53. The maximum atomic E-state index is 13.2. The third kappa shape index (κ3) is 23.1. The molecular formula is C70H101F37. The Labute approximate surface area is 601 Å². The van der Waals surface area contributed by atoms with Crippen molar-refractivity contribution in [3.63, 3.8) is 0 Å². The highest BCUT2D eigenvalue weighted by molar-refractivity contribution is 5.20. The Morgan fingerprint density at radius 3 is 0.935 bits per heavy atom. The summed E-state index contributed by atoms with van der Waals surface area (Å²) in [6.45, 7) is 22.3. The van der Waals surface area contributed by atoms with E-state index in [9.17, 15) is 162 Å². The smallest absolute Gasteiger partial charge is 0.247 e. The molecule has 0 aliphatic heterocycles. The van der Waals surface area contributed by atoms with Gasteiger partial charge in [0.25, 0.3) is 5.92 Å². The molecule has 10 saturated carbocycles. The van der Waals surface area contributed by atoms with E-state index in [2.05, 4.69) is 13.8 Å². The Morgan fingerprint density at radius 2 is 0.636 bits per heavy atom. The molecule has 2 bridgehead atoms. The molecule has 10 aliphatic carbocycles. The maximum Gasteiger partial charge on any atom is 0.394 e. The van der Waals surface area contributed by atoms with Crippen molar-refractivity contribution in [1.29, 1.82) is 0 Å². The lowest BCUT2D eigenvalue weighted by molar-refractivity contribution is -0.431. The molecule has 0 radical (unpaired) electrons. The third-order valence-electron chi connectivity index (χ3n) is 24.2. The molecule has 0 nitrogen and oxygen atoms in total. The first-order valence-electron chi connectivity index (χ1n) is 35.7. The number of hydrogen-bond acceptors (Lipinski definition) is 0. The van der Waals surface area contributed by atoms with Crippen molar-refractivity contribution in [3.05, 3.63) is 0 Å². The van der Waals surface area contributed by atoms with Crippen LogP contribution in [0.1, 0.15) is 196 Å². The molecule has 0 spiro atoms. The van der Waals surface area contributed by atoms with E-state index in [1.54, 1.807) is 20.8 Å². The zero-order valence-electron chi connectivity index (χ0n) is 62.9. The molecule has 20 unspecified atom stereocenters. The largest absolute Gasteiger partial charge is 0.394 e. The standard InChI is InChI=1S/C12H15F9.C10H14F6.C9H13F3.2C9H15F3.C8H7F9.C8H12F4.C5H10/c1-4-5(2)8(11(16,17)18)9(12(19,20)21)6(3)7(4)10(13,14)15;1-5-3-6(2)8(10(14,15)16)7(4-5)9(11,12)13;1-5-6-3-4-7(5)8(6,2)9(10,11)12;2*1-6-3-7(2)5-8(4-6)9(10,11)12;1-3-5(10,11)4(2,9)7(14,15)8(16,17)6(3,12)13;1-3-5(9)4(2)7(11)8(12)6(3)10;1-5(2)3-4-5/h4-9H,1-3H3;5-8H,3-4H2,1-2H3;5-7H,3-4H2,1-2H3;2*6-8H,3-5H2,1-2H3;3H,1-2H3;3-8H,1-2H3;3-4H2,1-2H3/t4-,5?,6?,7?,8?,9?;5-,6?,7?,8?;5?,6-,7+,8?;2*6-,7?,8?;3-,4?;3-,4?,5?,6?,7?,8?;/m10.0000./s1/i;;;6D;;;;.